The van der Waals surface area contributed by atoms with Crippen molar-refractivity contribution in [1.82, 2.24) is 0 Å². The number of carbonyl (C=O) groups is 1. The van der Waals surface area contributed by atoms with E-state index in [9.17, 15) is 4.79 Å². The lowest BCUT2D eigenvalue weighted by atomic mass is 9.43. The average Bonchev–Trinajstić information content (AvgIpc) is 3.28. The maximum Gasteiger partial charge on any atom is 0.311 e. The van der Waals surface area contributed by atoms with Crippen molar-refractivity contribution in [1.29, 1.82) is 0 Å². The predicted octanol–water partition coefficient (Wildman–Crippen LogP) is 3.85. The summed E-state index contributed by atoms with van der Waals surface area (Å²) in [6, 6.07) is 1.91. The highest BCUT2D eigenvalue weighted by atomic mass is 16.8. The van der Waals surface area contributed by atoms with Crippen LogP contribution in [0.5, 0.6) is 0 Å². The van der Waals surface area contributed by atoms with E-state index in [0.717, 1.165) is 31.2 Å². The quantitative estimate of drug-likeness (QED) is 0.731. The number of fused-ring (bicyclic) bond motifs is 5. The van der Waals surface area contributed by atoms with Crippen LogP contribution < -0.4 is 0 Å². The summed E-state index contributed by atoms with van der Waals surface area (Å²) >= 11 is 0. The molecule has 0 N–H and O–H groups in total. The number of carbonyl (C=O) groups excluding carboxylic acids is 1. The Labute approximate surface area is 165 Å². The number of esters is 1. The van der Waals surface area contributed by atoms with Crippen molar-refractivity contribution in [2.75, 3.05) is 14.2 Å². The van der Waals surface area contributed by atoms with Gasteiger partial charge >= 0.3 is 5.97 Å². The summed E-state index contributed by atoms with van der Waals surface area (Å²) in [6.07, 6.45) is 6.60. The number of methoxy groups -OCH3 is 2. The van der Waals surface area contributed by atoms with Crippen LogP contribution in [0.25, 0.3) is 0 Å². The normalized spacial score (nSPS) is 51.8. The van der Waals surface area contributed by atoms with Gasteiger partial charge in [0.05, 0.1) is 25.1 Å². The first-order chi connectivity index (χ1) is 13.3. The minimum atomic E-state index is -0.887. The van der Waals surface area contributed by atoms with Crippen LogP contribution >= 0.6 is 0 Å². The van der Waals surface area contributed by atoms with Crippen LogP contribution in [-0.2, 0) is 29.5 Å². The fourth-order valence-corrected chi connectivity index (χ4v) is 7.42. The molecule has 28 heavy (non-hydrogen) atoms. The van der Waals surface area contributed by atoms with Gasteiger partial charge in [0.1, 0.15) is 6.10 Å². The number of hydrogen-bond acceptors (Lipinski definition) is 6. The van der Waals surface area contributed by atoms with E-state index in [1.165, 1.54) is 7.11 Å². The zero-order valence-electron chi connectivity index (χ0n) is 17.3. The SMILES string of the molecule is COC(=O)[C@@]1(C)CCC[C@@]2(C)[C@H]1[C@@H]1O[C@]3(c4ccoc4)C[C@H]2[C@@H](C)[C@@]1(OC)O3. The Kier molecular flexibility index (Phi) is 3.74. The predicted molar refractivity (Wildman–Crippen MR) is 98.9 cm³/mol. The molecule has 154 valence electrons. The molecule has 1 aromatic heterocycles. The Hall–Kier alpha value is -1.37. The highest BCUT2D eigenvalue weighted by Crippen LogP contribution is 2.73. The van der Waals surface area contributed by atoms with E-state index in [0.29, 0.717) is 5.92 Å². The Bertz CT molecular complexity index is 791. The van der Waals surface area contributed by atoms with Crippen LogP contribution in [0, 0.1) is 28.6 Å². The molecule has 6 nitrogen and oxygen atoms in total. The van der Waals surface area contributed by atoms with Gasteiger partial charge in [-0.2, -0.15) is 0 Å². The zero-order chi connectivity index (χ0) is 19.9. The van der Waals surface area contributed by atoms with Gasteiger partial charge < -0.3 is 23.4 Å². The van der Waals surface area contributed by atoms with Crippen LogP contribution in [0.4, 0.5) is 0 Å². The summed E-state index contributed by atoms with van der Waals surface area (Å²) in [6.45, 7) is 6.59. The summed E-state index contributed by atoms with van der Waals surface area (Å²) in [4.78, 5) is 13.0. The second kappa shape index (κ2) is 5.61. The van der Waals surface area contributed by atoms with Crippen molar-refractivity contribution in [3.8, 4) is 0 Å². The Morgan fingerprint density at radius 2 is 2.04 bits per heavy atom. The third-order valence-corrected chi connectivity index (χ3v) is 8.66. The van der Waals surface area contributed by atoms with E-state index >= 15 is 0 Å². The molecule has 4 fully saturated rings. The van der Waals surface area contributed by atoms with Crippen LogP contribution in [0.15, 0.2) is 23.0 Å². The Morgan fingerprint density at radius 1 is 1.25 bits per heavy atom. The maximum absolute atomic E-state index is 13.0. The third kappa shape index (κ3) is 1.92. The van der Waals surface area contributed by atoms with Crippen LogP contribution in [0.2, 0.25) is 0 Å². The lowest BCUT2D eigenvalue weighted by Gasteiger charge is -2.64. The molecular formula is C22H30O6. The minimum Gasteiger partial charge on any atom is -0.472 e. The topological polar surface area (TPSA) is 67.1 Å². The molecule has 2 aliphatic carbocycles. The van der Waals surface area contributed by atoms with Gasteiger partial charge in [0.2, 0.25) is 11.6 Å². The number of furan rings is 1. The standard InChI is InChI=1S/C22H30O6/c1-13-15-11-21(14-7-10-26-12-14)27-17(22(13,25-5)28-21)16-19(15,2)8-6-9-20(16,3)18(23)24-4/h7,10,12-13,15-17H,6,8-9,11H2,1-5H3/t13-,15+,16-,17+,19-,20+,21-,22-/m1/s1. The summed E-state index contributed by atoms with van der Waals surface area (Å²) in [5, 5.41) is 0. The van der Waals surface area contributed by atoms with Crippen LogP contribution in [-0.4, -0.2) is 32.1 Å². The van der Waals surface area contributed by atoms with E-state index in [2.05, 4.69) is 13.8 Å². The molecule has 2 aliphatic heterocycles. The van der Waals surface area contributed by atoms with Crippen molar-refractivity contribution in [3.05, 3.63) is 24.2 Å². The molecule has 0 aromatic carbocycles. The first kappa shape index (κ1) is 18.6. The second-order valence-electron chi connectivity index (χ2n) is 9.68. The monoisotopic (exact) mass is 390 g/mol. The molecule has 8 atom stereocenters. The number of rotatable bonds is 3. The van der Waals surface area contributed by atoms with Gasteiger partial charge in [-0.25, -0.2) is 0 Å². The summed E-state index contributed by atoms with van der Waals surface area (Å²) in [7, 11) is 3.18. The van der Waals surface area contributed by atoms with E-state index in [4.69, 9.17) is 23.4 Å². The zero-order valence-corrected chi connectivity index (χ0v) is 17.3. The molecule has 4 aliphatic rings. The fourth-order valence-electron chi connectivity index (χ4n) is 7.42. The highest BCUT2D eigenvalue weighted by molar-refractivity contribution is 5.77. The molecule has 0 unspecified atom stereocenters. The smallest absolute Gasteiger partial charge is 0.311 e. The molecule has 2 saturated carbocycles. The second-order valence-corrected chi connectivity index (χ2v) is 9.68. The molecule has 3 heterocycles. The van der Waals surface area contributed by atoms with Crippen LogP contribution in [0.3, 0.4) is 0 Å². The van der Waals surface area contributed by atoms with Crippen molar-refractivity contribution >= 4 is 5.97 Å². The molecule has 1 aromatic rings. The number of hydrogen-bond donors (Lipinski definition) is 0. The molecule has 6 heteroatoms. The largest absolute Gasteiger partial charge is 0.472 e. The van der Waals surface area contributed by atoms with Crippen molar-refractivity contribution in [3.63, 3.8) is 0 Å². The molecule has 0 amide bonds. The first-order valence-corrected chi connectivity index (χ1v) is 10.3. The van der Waals surface area contributed by atoms with E-state index < -0.39 is 17.0 Å². The van der Waals surface area contributed by atoms with Gasteiger partial charge in [-0.15, -0.1) is 0 Å². The Morgan fingerprint density at radius 3 is 2.68 bits per heavy atom. The van der Waals surface area contributed by atoms with Gasteiger partial charge in [0, 0.05) is 30.9 Å². The first-order valence-electron chi connectivity index (χ1n) is 10.3. The van der Waals surface area contributed by atoms with Crippen molar-refractivity contribution in [2.24, 2.45) is 28.6 Å². The van der Waals surface area contributed by atoms with E-state index in [-0.39, 0.29) is 29.3 Å². The maximum atomic E-state index is 13.0. The average molecular weight is 390 g/mol. The van der Waals surface area contributed by atoms with E-state index in [1.807, 2.05) is 13.0 Å². The lowest BCUT2D eigenvalue weighted by molar-refractivity contribution is -0.354. The molecule has 2 saturated heterocycles. The van der Waals surface area contributed by atoms with Gasteiger partial charge in [-0.05, 0) is 37.2 Å². The van der Waals surface area contributed by atoms with Crippen molar-refractivity contribution < 1.29 is 28.2 Å². The summed E-state index contributed by atoms with van der Waals surface area (Å²) < 4.78 is 30.2. The lowest BCUT2D eigenvalue weighted by Crippen LogP contribution is -2.70. The van der Waals surface area contributed by atoms with Gasteiger partial charge in [-0.1, -0.05) is 20.3 Å². The molecule has 0 spiro atoms. The summed E-state index contributed by atoms with van der Waals surface area (Å²) in [5.74, 6) is -1.51. The Balaban J connectivity index is 1.72. The molecule has 0 radical (unpaired) electrons. The molecule has 5 rings (SSSR count). The fraction of sp³-hybridized carbons (Fsp3) is 0.773. The number of ether oxygens (including phenoxy) is 4. The van der Waals surface area contributed by atoms with E-state index in [1.54, 1.807) is 19.6 Å². The van der Waals surface area contributed by atoms with Gasteiger partial charge in [-0.3, -0.25) is 4.79 Å². The summed E-state index contributed by atoms with van der Waals surface area (Å²) in [5.41, 5.74) is 0.201. The van der Waals surface area contributed by atoms with Gasteiger partial charge in [0.15, 0.2) is 0 Å². The minimum absolute atomic E-state index is 0.0429. The van der Waals surface area contributed by atoms with Gasteiger partial charge in [0.25, 0.3) is 0 Å². The highest BCUT2D eigenvalue weighted by Gasteiger charge is 2.79. The third-order valence-electron chi connectivity index (χ3n) is 8.66. The van der Waals surface area contributed by atoms with Crippen molar-refractivity contribution in [2.45, 2.75) is 64.1 Å². The molecular weight excluding hydrogens is 360 g/mol. The molecule has 3 bridgehead atoms. The van der Waals surface area contributed by atoms with Crippen LogP contribution in [0.1, 0.15) is 52.0 Å².